The molecule has 1 saturated heterocycles. The Kier molecular flexibility index (Phi) is 6.65. The minimum absolute atomic E-state index is 0.0501. The molecule has 23 heavy (non-hydrogen) atoms. The van der Waals surface area contributed by atoms with E-state index in [0.717, 1.165) is 32.5 Å². The zero-order valence-corrected chi connectivity index (χ0v) is 14.1. The van der Waals surface area contributed by atoms with Crippen LogP contribution in [0.3, 0.4) is 0 Å². The second-order valence-electron chi connectivity index (χ2n) is 5.89. The van der Waals surface area contributed by atoms with Crippen molar-refractivity contribution in [2.45, 2.75) is 26.7 Å². The Morgan fingerprint density at radius 3 is 2.83 bits per heavy atom. The number of hydrogen-bond donors (Lipinski definition) is 1. The molecule has 1 aliphatic heterocycles. The molecule has 0 aliphatic carbocycles. The number of piperidine rings is 1. The Balaban J connectivity index is 1.81. The Bertz CT molecular complexity index is 497. The van der Waals surface area contributed by atoms with E-state index in [0.29, 0.717) is 25.4 Å². The summed E-state index contributed by atoms with van der Waals surface area (Å²) in [6, 6.07) is 3.37. The molecule has 0 bridgehead atoms. The van der Waals surface area contributed by atoms with Gasteiger partial charge >= 0.3 is 0 Å². The van der Waals surface area contributed by atoms with Crippen molar-refractivity contribution in [3.05, 3.63) is 24.2 Å². The summed E-state index contributed by atoms with van der Waals surface area (Å²) in [5.74, 6) is 0.136. The first-order valence-corrected chi connectivity index (χ1v) is 8.48. The van der Waals surface area contributed by atoms with Crippen LogP contribution in [0.1, 0.15) is 37.2 Å². The summed E-state index contributed by atoms with van der Waals surface area (Å²) in [7, 11) is 0. The molecule has 1 aromatic rings. The van der Waals surface area contributed by atoms with Crippen molar-refractivity contribution in [3.8, 4) is 0 Å². The van der Waals surface area contributed by atoms with Gasteiger partial charge in [-0.2, -0.15) is 0 Å². The second-order valence-corrected chi connectivity index (χ2v) is 5.89. The zero-order valence-electron chi connectivity index (χ0n) is 14.1. The van der Waals surface area contributed by atoms with Gasteiger partial charge in [0.25, 0.3) is 5.91 Å². The van der Waals surface area contributed by atoms with E-state index in [1.54, 1.807) is 17.0 Å². The van der Waals surface area contributed by atoms with Crippen LogP contribution in [-0.4, -0.2) is 60.9 Å². The van der Waals surface area contributed by atoms with Crippen LogP contribution in [0.2, 0.25) is 0 Å². The van der Waals surface area contributed by atoms with E-state index < -0.39 is 0 Å². The van der Waals surface area contributed by atoms with Crippen LogP contribution in [-0.2, 0) is 4.79 Å². The summed E-state index contributed by atoms with van der Waals surface area (Å²) in [5, 5.41) is 3.00. The van der Waals surface area contributed by atoms with E-state index in [-0.39, 0.29) is 17.7 Å². The number of carbonyl (C=O) groups is 2. The van der Waals surface area contributed by atoms with Gasteiger partial charge in [0.1, 0.15) is 0 Å². The molecule has 0 saturated carbocycles. The average molecular weight is 321 g/mol. The third kappa shape index (κ3) is 4.82. The molecule has 0 spiro atoms. The molecule has 2 rings (SSSR count). The molecule has 6 nitrogen and oxygen atoms in total. The summed E-state index contributed by atoms with van der Waals surface area (Å²) in [4.78, 5) is 28.6. The zero-order chi connectivity index (χ0) is 16.7. The fourth-order valence-corrected chi connectivity index (χ4v) is 2.95. The minimum atomic E-state index is -0.129. The third-order valence-corrected chi connectivity index (χ3v) is 4.43. The van der Waals surface area contributed by atoms with Gasteiger partial charge in [0.15, 0.2) is 5.76 Å². The average Bonchev–Trinajstić information content (AvgIpc) is 3.12. The molecule has 1 unspecified atom stereocenters. The number of amides is 2. The molecule has 1 N–H and O–H groups in total. The van der Waals surface area contributed by atoms with Crippen LogP contribution >= 0.6 is 0 Å². The van der Waals surface area contributed by atoms with Gasteiger partial charge in [-0.15, -0.1) is 0 Å². The third-order valence-electron chi connectivity index (χ3n) is 4.43. The maximum absolute atomic E-state index is 12.3. The van der Waals surface area contributed by atoms with Gasteiger partial charge in [-0.25, -0.2) is 0 Å². The topological polar surface area (TPSA) is 65.8 Å². The quantitative estimate of drug-likeness (QED) is 0.828. The Labute approximate surface area is 137 Å². The van der Waals surface area contributed by atoms with Crippen molar-refractivity contribution in [2.24, 2.45) is 5.92 Å². The number of nitrogens with zero attached hydrogens (tertiary/aromatic N) is 2. The molecule has 1 fully saturated rings. The standard InChI is InChI=1S/C17H27N3O3/c1-3-19(4-2)11-9-18-16(21)14-7-5-10-20(13-14)17(22)15-8-6-12-23-15/h6,8,12,14H,3-5,7,9-11,13H2,1-2H3,(H,18,21). The molecule has 1 aromatic heterocycles. The highest BCUT2D eigenvalue weighted by molar-refractivity contribution is 5.92. The van der Waals surface area contributed by atoms with Crippen LogP contribution in [0.25, 0.3) is 0 Å². The molecular formula is C17H27N3O3. The maximum atomic E-state index is 12.3. The normalized spacial score (nSPS) is 18.2. The van der Waals surface area contributed by atoms with Crippen molar-refractivity contribution in [1.29, 1.82) is 0 Å². The molecule has 128 valence electrons. The molecular weight excluding hydrogens is 294 g/mol. The van der Waals surface area contributed by atoms with Crippen molar-refractivity contribution in [3.63, 3.8) is 0 Å². The van der Waals surface area contributed by atoms with Crippen molar-refractivity contribution in [1.82, 2.24) is 15.1 Å². The van der Waals surface area contributed by atoms with Gasteiger partial charge in [0.05, 0.1) is 12.2 Å². The van der Waals surface area contributed by atoms with Crippen molar-refractivity contribution in [2.75, 3.05) is 39.3 Å². The van der Waals surface area contributed by atoms with Crippen LogP contribution in [0.4, 0.5) is 0 Å². The van der Waals surface area contributed by atoms with Gasteiger partial charge in [0, 0.05) is 26.2 Å². The SMILES string of the molecule is CCN(CC)CCNC(=O)C1CCCN(C(=O)c2ccco2)C1. The fourth-order valence-electron chi connectivity index (χ4n) is 2.95. The van der Waals surface area contributed by atoms with Crippen LogP contribution in [0.15, 0.2) is 22.8 Å². The number of rotatable bonds is 7. The first-order valence-electron chi connectivity index (χ1n) is 8.48. The molecule has 6 heteroatoms. The first-order chi connectivity index (χ1) is 11.2. The number of hydrogen-bond acceptors (Lipinski definition) is 4. The number of nitrogens with one attached hydrogen (secondary N) is 1. The second kappa shape index (κ2) is 8.72. The Hall–Kier alpha value is -1.82. The number of likely N-dealkylation sites (N-methyl/N-ethyl adjacent to an activating group) is 1. The summed E-state index contributed by atoms with van der Waals surface area (Å²) in [5.41, 5.74) is 0. The maximum Gasteiger partial charge on any atom is 0.289 e. The lowest BCUT2D eigenvalue weighted by Crippen LogP contribution is -2.46. The first kappa shape index (κ1) is 17.5. The van der Waals surface area contributed by atoms with E-state index in [4.69, 9.17) is 4.42 Å². The smallest absolute Gasteiger partial charge is 0.289 e. The molecule has 1 atom stereocenters. The summed E-state index contributed by atoms with van der Waals surface area (Å²) in [6.07, 6.45) is 3.17. The highest BCUT2D eigenvalue weighted by Crippen LogP contribution is 2.19. The van der Waals surface area contributed by atoms with E-state index in [9.17, 15) is 9.59 Å². The predicted molar refractivity (Wildman–Crippen MR) is 88.1 cm³/mol. The number of carbonyl (C=O) groups excluding carboxylic acids is 2. The fraction of sp³-hybridized carbons (Fsp3) is 0.647. The van der Waals surface area contributed by atoms with Crippen LogP contribution in [0, 0.1) is 5.92 Å². The van der Waals surface area contributed by atoms with Gasteiger partial charge in [-0.05, 0) is 38.1 Å². The Morgan fingerprint density at radius 2 is 2.17 bits per heavy atom. The van der Waals surface area contributed by atoms with Crippen molar-refractivity contribution >= 4 is 11.8 Å². The highest BCUT2D eigenvalue weighted by atomic mass is 16.3. The van der Waals surface area contributed by atoms with Crippen LogP contribution in [0.5, 0.6) is 0 Å². The van der Waals surface area contributed by atoms with E-state index in [1.807, 2.05) is 0 Å². The van der Waals surface area contributed by atoms with E-state index >= 15 is 0 Å². The summed E-state index contributed by atoms with van der Waals surface area (Å²) < 4.78 is 5.16. The molecule has 0 radical (unpaired) electrons. The van der Waals surface area contributed by atoms with Crippen molar-refractivity contribution < 1.29 is 14.0 Å². The van der Waals surface area contributed by atoms with Gasteiger partial charge in [-0.1, -0.05) is 13.8 Å². The van der Waals surface area contributed by atoms with Gasteiger partial charge in [0.2, 0.25) is 5.91 Å². The van der Waals surface area contributed by atoms with Gasteiger partial charge < -0.3 is 19.5 Å². The molecule has 1 aliphatic rings. The lowest BCUT2D eigenvalue weighted by Gasteiger charge is -2.31. The van der Waals surface area contributed by atoms with E-state index in [2.05, 4.69) is 24.1 Å². The monoisotopic (exact) mass is 321 g/mol. The molecule has 2 amide bonds. The number of likely N-dealkylation sites (tertiary alicyclic amines) is 1. The van der Waals surface area contributed by atoms with E-state index in [1.165, 1.54) is 6.26 Å². The predicted octanol–water partition coefficient (Wildman–Crippen LogP) is 1.59. The summed E-state index contributed by atoms with van der Waals surface area (Å²) in [6.45, 7) is 8.88. The summed E-state index contributed by atoms with van der Waals surface area (Å²) >= 11 is 0. The molecule has 0 aromatic carbocycles. The largest absolute Gasteiger partial charge is 0.459 e. The lowest BCUT2D eigenvalue weighted by atomic mass is 9.97. The van der Waals surface area contributed by atoms with Gasteiger partial charge in [-0.3, -0.25) is 9.59 Å². The lowest BCUT2D eigenvalue weighted by molar-refractivity contribution is -0.126. The minimum Gasteiger partial charge on any atom is -0.459 e. The Morgan fingerprint density at radius 1 is 1.39 bits per heavy atom. The highest BCUT2D eigenvalue weighted by Gasteiger charge is 2.29. The number of furan rings is 1. The molecule has 2 heterocycles. The van der Waals surface area contributed by atoms with Crippen LogP contribution < -0.4 is 5.32 Å².